The summed E-state index contributed by atoms with van der Waals surface area (Å²) in [5.41, 5.74) is -0.0384. The number of carbonyl (C=O) groups is 1. The molecule has 0 aliphatic carbocycles. The lowest BCUT2D eigenvalue weighted by Gasteiger charge is -2.34. The number of likely N-dealkylation sites (N-methyl/N-ethyl adjacent to an activating group) is 1. The number of hydrogen-bond acceptors (Lipinski definition) is 3. The van der Waals surface area contributed by atoms with Gasteiger partial charge in [-0.25, -0.2) is 0 Å². The summed E-state index contributed by atoms with van der Waals surface area (Å²) in [4.78, 5) is 14.5. The first-order chi connectivity index (χ1) is 7.88. The van der Waals surface area contributed by atoms with Crippen LogP contribution in [0.3, 0.4) is 0 Å². The molecule has 1 aromatic rings. The number of aromatic nitrogens is 2. The molecule has 1 atom stereocenters. The van der Waals surface area contributed by atoms with Gasteiger partial charge in [-0.05, 0) is 34.4 Å². The molecule has 0 aliphatic rings. The molecule has 0 spiro atoms. The van der Waals surface area contributed by atoms with Gasteiger partial charge >= 0.3 is 0 Å². The lowest BCUT2D eigenvalue weighted by Crippen LogP contribution is -2.48. The third kappa shape index (κ3) is 2.38. The summed E-state index contributed by atoms with van der Waals surface area (Å²) in [6, 6.07) is 0. The molecule has 0 fully saturated rings. The molecular formula is C12H20ClN3O. The fraction of sp³-hybridized carbons (Fsp3) is 0.667. The van der Waals surface area contributed by atoms with Crippen LogP contribution in [-0.4, -0.2) is 40.1 Å². The van der Waals surface area contributed by atoms with E-state index in [1.54, 1.807) is 4.68 Å². The highest BCUT2D eigenvalue weighted by Crippen LogP contribution is 2.26. The summed E-state index contributed by atoms with van der Waals surface area (Å²) < 4.78 is 1.65. The van der Waals surface area contributed by atoms with E-state index in [0.29, 0.717) is 17.3 Å². The molecule has 1 unspecified atom stereocenters. The van der Waals surface area contributed by atoms with Crippen LogP contribution in [0, 0.1) is 0 Å². The van der Waals surface area contributed by atoms with E-state index >= 15 is 0 Å². The summed E-state index contributed by atoms with van der Waals surface area (Å²) in [6.07, 6.45) is 2.26. The monoisotopic (exact) mass is 257 g/mol. The molecule has 0 aromatic carbocycles. The quantitative estimate of drug-likeness (QED) is 0.761. The summed E-state index contributed by atoms with van der Waals surface area (Å²) in [5.74, 6) is 0.0225. The lowest BCUT2D eigenvalue weighted by atomic mass is 9.90. The number of nitrogens with zero attached hydrogens (tertiary/aromatic N) is 3. The maximum absolute atomic E-state index is 12.6. The Morgan fingerprint density at radius 1 is 1.53 bits per heavy atom. The molecule has 5 heteroatoms. The van der Waals surface area contributed by atoms with E-state index in [2.05, 4.69) is 5.10 Å². The molecule has 0 radical (unpaired) electrons. The predicted molar refractivity (Wildman–Crippen MR) is 69.6 cm³/mol. The number of hydrogen-bond donors (Lipinski definition) is 0. The molecular weight excluding hydrogens is 238 g/mol. The van der Waals surface area contributed by atoms with E-state index < -0.39 is 5.54 Å². The number of halogens is 1. The average molecular weight is 258 g/mol. The molecule has 1 heterocycles. The van der Waals surface area contributed by atoms with Crippen molar-refractivity contribution in [1.82, 2.24) is 14.7 Å². The van der Waals surface area contributed by atoms with Crippen molar-refractivity contribution in [3.05, 3.63) is 16.9 Å². The third-order valence-corrected chi connectivity index (χ3v) is 3.75. The molecule has 0 bridgehead atoms. The fourth-order valence-electron chi connectivity index (χ4n) is 1.76. The van der Waals surface area contributed by atoms with Gasteiger partial charge in [0, 0.05) is 6.54 Å². The molecule has 96 valence electrons. The van der Waals surface area contributed by atoms with Crippen LogP contribution in [0.4, 0.5) is 0 Å². The third-order valence-electron chi connectivity index (χ3n) is 3.47. The second-order valence-electron chi connectivity index (χ2n) is 4.51. The van der Waals surface area contributed by atoms with Crippen LogP contribution in [0.2, 0.25) is 5.02 Å². The van der Waals surface area contributed by atoms with Crippen molar-refractivity contribution in [2.75, 3.05) is 14.1 Å². The number of carbonyl (C=O) groups excluding carboxylic acids is 1. The van der Waals surface area contributed by atoms with E-state index in [9.17, 15) is 4.79 Å². The zero-order chi connectivity index (χ0) is 13.2. The van der Waals surface area contributed by atoms with Crippen molar-refractivity contribution in [3.63, 3.8) is 0 Å². The number of Topliss-reactive ketones (excluding diaryl/α,β-unsaturated/α-hetero) is 1. The Labute approximate surface area is 108 Å². The largest absolute Gasteiger partial charge is 0.297 e. The van der Waals surface area contributed by atoms with E-state index in [0.717, 1.165) is 6.42 Å². The van der Waals surface area contributed by atoms with Gasteiger partial charge in [-0.2, -0.15) is 5.10 Å². The van der Waals surface area contributed by atoms with Gasteiger partial charge in [-0.15, -0.1) is 0 Å². The first-order valence-corrected chi connectivity index (χ1v) is 6.19. The Bertz CT molecular complexity index is 414. The molecule has 0 aliphatic heterocycles. The Morgan fingerprint density at radius 2 is 2.12 bits per heavy atom. The van der Waals surface area contributed by atoms with Gasteiger partial charge in [0.2, 0.25) is 5.78 Å². The van der Waals surface area contributed by atoms with Gasteiger partial charge in [-0.1, -0.05) is 18.5 Å². The molecule has 0 saturated carbocycles. The molecule has 0 saturated heterocycles. The van der Waals surface area contributed by atoms with Gasteiger partial charge in [0.25, 0.3) is 0 Å². The minimum absolute atomic E-state index is 0.0225. The first kappa shape index (κ1) is 14.2. The van der Waals surface area contributed by atoms with Crippen molar-refractivity contribution in [2.24, 2.45) is 0 Å². The van der Waals surface area contributed by atoms with Crippen LogP contribution in [0.1, 0.15) is 37.7 Å². The van der Waals surface area contributed by atoms with E-state index in [1.807, 2.05) is 39.8 Å². The van der Waals surface area contributed by atoms with Crippen LogP contribution in [0.25, 0.3) is 0 Å². The van der Waals surface area contributed by atoms with Crippen molar-refractivity contribution in [2.45, 2.75) is 39.3 Å². The normalized spacial score (nSPS) is 15.0. The number of aryl methyl sites for hydroxylation is 1. The van der Waals surface area contributed by atoms with Gasteiger partial charge in [0.05, 0.1) is 16.8 Å². The second kappa shape index (κ2) is 5.19. The summed E-state index contributed by atoms with van der Waals surface area (Å²) >= 11 is 6.06. The predicted octanol–water partition coefficient (Wildman–Crippen LogP) is 2.47. The Hall–Kier alpha value is -0.870. The molecule has 4 nitrogen and oxygen atoms in total. The van der Waals surface area contributed by atoms with Crippen molar-refractivity contribution in [1.29, 1.82) is 0 Å². The van der Waals surface area contributed by atoms with Gasteiger partial charge in [-0.3, -0.25) is 14.4 Å². The smallest absolute Gasteiger partial charge is 0.202 e. The Kier molecular flexibility index (Phi) is 4.33. The number of ketones is 1. The number of rotatable bonds is 5. The Morgan fingerprint density at radius 3 is 2.53 bits per heavy atom. The van der Waals surface area contributed by atoms with Crippen molar-refractivity contribution < 1.29 is 4.79 Å². The van der Waals surface area contributed by atoms with Crippen LogP contribution < -0.4 is 0 Å². The van der Waals surface area contributed by atoms with Crippen LogP contribution >= 0.6 is 11.6 Å². The van der Waals surface area contributed by atoms with Gasteiger partial charge in [0.1, 0.15) is 5.69 Å². The average Bonchev–Trinajstić information content (AvgIpc) is 2.67. The molecule has 17 heavy (non-hydrogen) atoms. The minimum Gasteiger partial charge on any atom is -0.297 e. The highest BCUT2D eigenvalue weighted by atomic mass is 35.5. The van der Waals surface area contributed by atoms with Crippen molar-refractivity contribution in [3.8, 4) is 0 Å². The standard InChI is InChI=1S/C12H20ClN3O/c1-6-12(3,15(4)5)11(17)10-9(13)8-14-16(10)7-2/h8H,6-7H2,1-5H3. The van der Waals surface area contributed by atoms with Crippen LogP contribution in [0.15, 0.2) is 6.20 Å². The summed E-state index contributed by atoms with van der Waals surface area (Å²) in [7, 11) is 3.81. The van der Waals surface area contributed by atoms with Crippen molar-refractivity contribution >= 4 is 17.4 Å². The van der Waals surface area contributed by atoms with Crippen LogP contribution in [-0.2, 0) is 6.54 Å². The SMILES string of the molecule is CCn1ncc(Cl)c1C(=O)C(C)(CC)N(C)C. The van der Waals surface area contributed by atoms with E-state index in [1.165, 1.54) is 6.20 Å². The molecule has 0 N–H and O–H groups in total. The fourth-order valence-corrected chi connectivity index (χ4v) is 1.99. The van der Waals surface area contributed by atoms with E-state index in [4.69, 9.17) is 11.6 Å². The lowest BCUT2D eigenvalue weighted by molar-refractivity contribution is 0.0699. The zero-order valence-corrected chi connectivity index (χ0v) is 11.9. The van der Waals surface area contributed by atoms with E-state index in [-0.39, 0.29) is 5.78 Å². The second-order valence-corrected chi connectivity index (χ2v) is 4.92. The highest BCUT2D eigenvalue weighted by Gasteiger charge is 2.37. The first-order valence-electron chi connectivity index (χ1n) is 5.82. The van der Waals surface area contributed by atoms with Gasteiger partial charge in [0.15, 0.2) is 0 Å². The maximum Gasteiger partial charge on any atom is 0.202 e. The summed E-state index contributed by atoms with van der Waals surface area (Å²) in [6.45, 7) is 6.51. The Balaban J connectivity index is 3.23. The molecule has 1 rings (SSSR count). The summed E-state index contributed by atoms with van der Waals surface area (Å²) in [5, 5.41) is 4.54. The maximum atomic E-state index is 12.6. The highest BCUT2D eigenvalue weighted by molar-refractivity contribution is 6.34. The van der Waals surface area contributed by atoms with Crippen LogP contribution in [0.5, 0.6) is 0 Å². The molecule has 0 amide bonds. The minimum atomic E-state index is -0.545. The molecule has 1 aromatic heterocycles. The topological polar surface area (TPSA) is 38.1 Å². The zero-order valence-electron chi connectivity index (χ0n) is 11.1. The van der Waals surface area contributed by atoms with Gasteiger partial charge < -0.3 is 0 Å².